The molecule has 164 valence electrons. The maximum atomic E-state index is 3.60. The van der Waals surface area contributed by atoms with Crippen molar-refractivity contribution in [2.45, 2.75) is 110 Å². The van der Waals surface area contributed by atoms with E-state index in [1.165, 1.54) is 103 Å². The molecule has 0 saturated heterocycles. The molecule has 0 bridgehead atoms. The lowest BCUT2D eigenvalue weighted by atomic mass is 10.0. The fraction of sp³-hybridized carbons (Fsp3) is 1.00. The van der Waals surface area contributed by atoms with Crippen molar-refractivity contribution in [1.82, 2.24) is 0 Å². The summed E-state index contributed by atoms with van der Waals surface area (Å²) >= 11 is 0. The number of halogens is 2. The highest BCUT2D eigenvalue weighted by Crippen LogP contribution is 2.13. The van der Waals surface area contributed by atoms with Crippen LogP contribution in [0.2, 0.25) is 0 Å². The van der Waals surface area contributed by atoms with Gasteiger partial charge in [-0.3, -0.25) is 0 Å². The number of rotatable bonds is 16. The lowest BCUT2D eigenvalue weighted by Crippen LogP contribution is -3.00. The van der Waals surface area contributed by atoms with E-state index in [0.717, 1.165) is 11.0 Å². The van der Waals surface area contributed by atoms with Crippen LogP contribution in [0.3, 0.4) is 0 Å². The molecule has 0 amide bonds. The molecule has 0 aromatic rings. The van der Waals surface area contributed by atoms with Gasteiger partial charge in [-0.05, 0) is 19.3 Å². The van der Waals surface area contributed by atoms with Crippen LogP contribution in [0, 0.1) is 0 Å². The minimum Gasteiger partial charge on any atom is -1.00 e. The molecule has 4 heteroatoms. The summed E-state index contributed by atoms with van der Waals surface area (Å²) in [6, 6.07) is 0. The minimum atomic E-state index is 0. The summed E-state index contributed by atoms with van der Waals surface area (Å²) in [5, 5.41) is 0. The second-order valence-corrected chi connectivity index (χ2v) is 8.46. The Morgan fingerprint density at radius 2 is 0.769 bits per heavy atom. The zero-order chi connectivity index (χ0) is 18.5. The summed E-state index contributed by atoms with van der Waals surface area (Å²) in [4.78, 5) is 0. The van der Waals surface area contributed by atoms with E-state index in [-0.39, 0.29) is 34.0 Å². The molecule has 0 aliphatic heterocycles. The summed E-state index contributed by atoms with van der Waals surface area (Å²) in [5.41, 5.74) is 3.60. The van der Waals surface area contributed by atoms with Crippen molar-refractivity contribution in [3.8, 4) is 0 Å². The average Bonchev–Trinajstić information content (AvgIpc) is 2.54. The SMILES string of the molecule is CCCCCCCCCCCCCCCC[N+](C)(C)C.CCC[NH3+].[Br-].[Br-]. The first-order chi connectivity index (χ1) is 11.5. The highest BCUT2D eigenvalue weighted by molar-refractivity contribution is 4.49. The van der Waals surface area contributed by atoms with Crippen LogP contribution in [0.5, 0.6) is 0 Å². The fourth-order valence-electron chi connectivity index (χ4n) is 2.78. The smallest absolute Gasteiger partial charge is 0.0780 e. The molecule has 26 heavy (non-hydrogen) atoms. The highest BCUT2D eigenvalue weighted by atomic mass is 79.9. The maximum Gasteiger partial charge on any atom is 0.0780 e. The third kappa shape index (κ3) is 39.8. The van der Waals surface area contributed by atoms with Gasteiger partial charge in [-0.25, -0.2) is 0 Å². The molecule has 0 fully saturated rings. The van der Waals surface area contributed by atoms with E-state index in [0.29, 0.717) is 0 Å². The summed E-state index contributed by atoms with van der Waals surface area (Å²) in [6.45, 7) is 6.81. The van der Waals surface area contributed by atoms with Gasteiger partial charge in [0.2, 0.25) is 0 Å². The van der Waals surface area contributed by atoms with Gasteiger partial charge in [-0.2, -0.15) is 0 Å². The lowest BCUT2D eigenvalue weighted by Gasteiger charge is -2.23. The largest absolute Gasteiger partial charge is 1.00 e. The second kappa shape index (κ2) is 28.1. The van der Waals surface area contributed by atoms with Gasteiger partial charge in [0.25, 0.3) is 0 Å². The van der Waals surface area contributed by atoms with E-state index in [2.05, 4.69) is 40.7 Å². The molecule has 0 rings (SSSR count). The van der Waals surface area contributed by atoms with Crippen molar-refractivity contribution in [1.29, 1.82) is 0 Å². The molecule has 0 unspecified atom stereocenters. The number of unbranched alkanes of at least 4 members (excludes halogenated alkanes) is 13. The Balaban J connectivity index is -0.000000363. The number of quaternary nitrogens is 2. The van der Waals surface area contributed by atoms with E-state index in [1.807, 2.05) is 0 Å². The molecule has 0 aromatic heterocycles. The summed E-state index contributed by atoms with van der Waals surface area (Å²) in [5.74, 6) is 0. The normalized spacial score (nSPS) is 10.4. The van der Waals surface area contributed by atoms with Gasteiger partial charge in [0, 0.05) is 0 Å². The van der Waals surface area contributed by atoms with Crippen LogP contribution >= 0.6 is 0 Å². The van der Waals surface area contributed by atoms with Gasteiger partial charge in [0.1, 0.15) is 0 Å². The third-order valence-electron chi connectivity index (χ3n) is 4.54. The first-order valence-electron chi connectivity index (χ1n) is 11.1. The Labute approximate surface area is 188 Å². The summed E-state index contributed by atoms with van der Waals surface area (Å²) < 4.78 is 1.12. The molecule has 0 aromatic carbocycles. The van der Waals surface area contributed by atoms with Crippen molar-refractivity contribution in [3.05, 3.63) is 0 Å². The van der Waals surface area contributed by atoms with Crippen LogP contribution in [0.1, 0.15) is 110 Å². The van der Waals surface area contributed by atoms with Crippen molar-refractivity contribution in [2.75, 3.05) is 34.2 Å². The zero-order valence-corrected chi connectivity index (χ0v) is 22.1. The Morgan fingerprint density at radius 1 is 0.500 bits per heavy atom. The first kappa shape index (κ1) is 34.4. The van der Waals surface area contributed by atoms with Crippen molar-refractivity contribution < 1.29 is 44.2 Å². The van der Waals surface area contributed by atoms with E-state index < -0.39 is 0 Å². The molecule has 0 spiro atoms. The van der Waals surface area contributed by atoms with Gasteiger partial charge in [-0.1, -0.05) is 90.9 Å². The molecule has 0 saturated carbocycles. The molecule has 0 radical (unpaired) electrons. The molecule has 0 atom stereocenters. The van der Waals surface area contributed by atoms with Crippen LogP contribution in [-0.4, -0.2) is 38.7 Å². The molecule has 2 nitrogen and oxygen atoms in total. The van der Waals surface area contributed by atoms with Crippen molar-refractivity contribution >= 4 is 0 Å². The summed E-state index contributed by atoms with van der Waals surface area (Å²) in [6.07, 6.45) is 21.6. The number of hydrogen-bond donors (Lipinski definition) is 1. The molecule has 0 aliphatic rings. The van der Waals surface area contributed by atoms with Crippen molar-refractivity contribution in [2.24, 2.45) is 0 Å². The number of nitrogens with zero attached hydrogens (tertiary/aromatic N) is 1. The second-order valence-electron chi connectivity index (χ2n) is 8.46. The zero-order valence-electron chi connectivity index (χ0n) is 18.9. The van der Waals surface area contributed by atoms with Gasteiger partial charge >= 0.3 is 0 Å². The van der Waals surface area contributed by atoms with Gasteiger partial charge in [-0.15, -0.1) is 0 Å². The predicted molar refractivity (Wildman–Crippen MR) is 111 cm³/mol. The van der Waals surface area contributed by atoms with E-state index in [9.17, 15) is 0 Å². The minimum absolute atomic E-state index is 0. The predicted octanol–water partition coefficient (Wildman–Crippen LogP) is -0.180. The molecule has 0 heterocycles. The Kier molecular flexibility index (Phi) is 37.2. The van der Waals surface area contributed by atoms with E-state index in [1.54, 1.807) is 0 Å². The monoisotopic (exact) mass is 502 g/mol. The topological polar surface area (TPSA) is 27.6 Å². The Morgan fingerprint density at radius 3 is 1.00 bits per heavy atom. The number of hydrogen-bond acceptors (Lipinski definition) is 0. The third-order valence-corrected chi connectivity index (χ3v) is 4.54. The quantitative estimate of drug-likeness (QED) is 0.223. The van der Waals surface area contributed by atoms with E-state index in [4.69, 9.17) is 0 Å². The van der Waals surface area contributed by atoms with E-state index >= 15 is 0 Å². The maximum absolute atomic E-state index is 3.60. The molecule has 0 aliphatic carbocycles. The first-order valence-corrected chi connectivity index (χ1v) is 11.1. The average molecular weight is 504 g/mol. The molecular weight excluding hydrogens is 452 g/mol. The van der Waals surface area contributed by atoms with Gasteiger partial charge in [0.15, 0.2) is 0 Å². The summed E-state index contributed by atoms with van der Waals surface area (Å²) in [7, 11) is 6.88. The van der Waals surface area contributed by atoms with Crippen LogP contribution < -0.4 is 39.7 Å². The van der Waals surface area contributed by atoms with Crippen LogP contribution in [0.25, 0.3) is 0 Å². The Bertz CT molecular complexity index is 217. The standard InChI is InChI=1S/C19H42N.C3H9N.2BrH/c1-5-6-7-8-9-10-11-12-13-14-15-16-17-18-19-20(2,3)4;1-2-3-4;;/h5-19H2,1-4H3;2-4H2,1H3;2*1H/q+1;;;/p-1. The van der Waals surface area contributed by atoms with Crippen LogP contribution in [0.15, 0.2) is 0 Å². The van der Waals surface area contributed by atoms with Gasteiger partial charge < -0.3 is 44.2 Å². The Hall–Kier alpha value is 0.880. The lowest BCUT2D eigenvalue weighted by molar-refractivity contribution is -0.870. The van der Waals surface area contributed by atoms with Crippen LogP contribution in [0.4, 0.5) is 0 Å². The highest BCUT2D eigenvalue weighted by Gasteiger charge is 2.04. The molecular formula is C22H52Br2N2. The fourth-order valence-corrected chi connectivity index (χ4v) is 2.78. The van der Waals surface area contributed by atoms with Crippen LogP contribution in [-0.2, 0) is 0 Å². The molecule has 3 N–H and O–H groups in total. The van der Waals surface area contributed by atoms with Crippen molar-refractivity contribution in [3.63, 3.8) is 0 Å². The van der Waals surface area contributed by atoms with Gasteiger partial charge in [0.05, 0.1) is 34.2 Å².